The van der Waals surface area contributed by atoms with Crippen molar-refractivity contribution >= 4 is 11.5 Å². The lowest BCUT2D eigenvalue weighted by Gasteiger charge is -2.33. The zero-order valence-electron chi connectivity index (χ0n) is 20.5. The van der Waals surface area contributed by atoms with Crippen LogP contribution in [0.4, 0.5) is 5.69 Å². The van der Waals surface area contributed by atoms with Gasteiger partial charge in [-0.1, -0.05) is 60.7 Å². The smallest absolute Gasteiger partial charge is 0.213 e. The predicted octanol–water partition coefficient (Wildman–Crippen LogP) is 5.07. The number of rotatable bonds is 8. The van der Waals surface area contributed by atoms with E-state index in [1.807, 2.05) is 68.6 Å². The first-order chi connectivity index (χ1) is 17.0. The summed E-state index contributed by atoms with van der Waals surface area (Å²) in [7, 11) is 0. The summed E-state index contributed by atoms with van der Waals surface area (Å²) in [5.41, 5.74) is 17.0. The number of nitrogens with two attached hydrogens (primary N) is 2. The Morgan fingerprint density at radius 3 is 2.06 bits per heavy atom. The largest absolute Gasteiger partial charge is 0.475 e. The second-order valence-electron chi connectivity index (χ2n) is 9.20. The zero-order valence-corrected chi connectivity index (χ0v) is 20.5. The quantitative estimate of drug-likeness (QED) is 0.355. The summed E-state index contributed by atoms with van der Waals surface area (Å²) >= 11 is 0. The van der Waals surface area contributed by atoms with Crippen molar-refractivity contribution in [1.82, 2.24) is 4.98 Å². The molecule has 0 amide bonds. The molecule has 1 saturated heterocycles. The van der Waals surface area contributed by atoms with E-state index in [1.165, 1.54) is 0 Å². The van der Waals surface area contributed by atoms with E-state index in [0.717, 1.165) is 48.4 Å². The van der Waals surface area contributed by atoms with Gasteiger partial charge < -0.3 is 21.1 Å². The molecule has 1 fully saturated rings. The molecule has 1 aromatic heterocycles. The Balaban J connectivity index is 1.41. The number of aromatic nitrogens is 1. The number of hydrogen-bond donors (Lipinski definition) is 2. The summed E-state index contributed by atoms with van der Waals surface area (Å²) in [5.74, 6) is 1.39. The minimum absolute atomic E-state index is 0.116. The van der Waals surface area contributed by atoms with E-state index in [-0.39, 0.29) is 18.1 Å². The molecular formula is C29H35N5O. The molecule has 0 saturated carbocycles. The molecule has 2 aromatic carbocycles. The number of aliphatic imine (C=N–C) groups is 1. The lowest BCUT2D eigenvalue weighted by Crippen LogP contribution is -2.35. The molecule has 182 valence electrons. The summed E-state index contributed by atoms with van der Waals surface area (Å²) in [6.45, 7) is 5.83. The molecule has 6 heteroatoms. The van der Waals surface area contributed by atoms with E-state index in [2.05, 4.69) is 40.2 Å². The Kier molecular flexibility index (Phi) is 8.03. The van der Waals surface area contributed by atoms with Crippen molar-refractivity contribution in [3.05, 3.63) is 102 Å². The molecule has 0 unspecified atom stereocenters. The normalized spacial score (nSPS) is 15.6. The van der Waals surface area contributed by atoms with E-state index in [0.29, 0.717) is 11.7 Å². The summed E-state index contributed by atoms with van der Waals surface area (Å²) in [6.07, 6.45) is 5.76. The van der Waals surface area contributed by atoms with Crippen molar-refractivity contribution in [2.45, 2.75) is 38.8 Å². The van der Waals surface area contributed by atoms with Crippen LogP contribution < -0.4 is 21.1 Å². The topological polar surface area (TPSA) is 89.8 Å². The van der Waals surface area contributed by atoms with Crippen molar-refractivity contribution in [3.63, 3.8) is 0 Å². The highest BCUT2D eigenvalue weighted by Gasteiger charge is 2.22. The molecule has 3 aromatic rings. The number of ether oxygens (including phenoxy) is 1. The highest BCUT2D eigenvalue weighted by atomic mass is 16.5. The molecule has 2 heterocycles. The van der Waals surface area contributed by atoms with Crippen LogP contribution in [-0.2, 0) is 0 Å². The first-order valence-corrected chi connectivity index (χ1v) is 12.3. The summed E-state index contributed by atoms with van der Waals surface area (Å²) < 4.78 is 5.65. The molecule has 1 aliphatic rings. The van der Waals surface area contributed by atoms with Gasteiger partial charge in [-0.3, -0.25) is 4.99 Å². The van der Waals surface area contributed by atoms with Gasteiger partial charge in [-0.25, -0.2) is 4.98 Å². The van der Waals surface area contributed by atoms with Crippen molar-refractivity contribution in [2.24, 2.45) is 22.4 Å². The number of pyridine rings is 1. The van der Waals surface area contributed by atoms with Crippen LogP contribution in [0.25, 0.3) is 0 Å². The second-order valence-corrected chi connectivity index (χ2v) is 9.20. The molecule has 0 spiro atoms. The first-order valence-electron chi connectivity index (χ1n) is 12.3. The standard InChI is InChI=1S/C29H35N5O/c1-21(2)35-28-14-13-25(20-32-28)34-17-15-22(16-18-34)26(30)19-27(31)33-29(23-9-5-3-6-10-23)24-11-7-4-8-12-24/h3-14,19-22,29H,15-18,30H2,1-2H3,(H2,31,33). The Hall–Kier alpha value is -3.80. The van der Waals surface area contributed by atoms with Gasteiger partial charge >= 0.3 is 0 Å². The zero-order chi connectivity index (χ0) is 24.6. The van der Waals surface area contributed by atoms with Crippen LogP contribution in [-0.4, -0.2) is 30.0 Å². The molecule has 4 N–H and O–H groups in total. The van der Waals surface area contributed by atoms with Gasteiger partial charge in [0.25, 0.3) is 0 Å². The maximum atomic E-state index is 6.51. The van der Waals surface area contributed by atoms with E-state index in [9.17, 15) is 0 Å². The third-order valence-electron chi connectivity index (χ3n) is 6.23. The van der Waals surface area contributed by atoms with Gasteiger partial charge in [0.15, 0.2) is 0 Å². The molecule has 0 bridgehead atoms. The van der Waals surface area contributed by atoms with E-state index < -0.39 is 0 Å². The average Bonchev–Trinajstić information content (AvgIpc) is 2.88. The Morgan fingerprint density at radius 1 is 0.943 bits per heavy atom. The van der Waals surface area contributed by atoms with Crippen LogP contribution in [0.1, 0.15) is 43.9 Å². The van der Waals surface area contributed by atoms with Gasteiger partial charge in [0, 0.05) is 30.8 Å². The van der Waals surface area contributed by atoms with Crippen LogP contribution in [0.5, 0.6) is 5.88 Å². The molecule has 1 aliphatic heterocycles. The lowest BCUT2D eigenvalue weighted by molar-refractivity contribution is 0.232. The lowest BCUT2D eigenvalue weighted by atomic mass is 9.93. The van der Waals surface area contributed by atoms with Crippen molar-refractivity contribution in [3.8, 4) is 5.88 Å². The van der Waals surface area contributed by atoms with Gasteiger partial charge in [-0.2, -0.15) is 0 Å². The highest BCUT2D eigenvalue weighted by Crippen LogP contribution is 2.28. The van der Waals surface area contributed by atoms with Crippen LogP contribution in [0, 0.1) is 5.92 Å². The van der Waals surface area contributed by atoms with Crippen molar-refractivity contribution in [2.75, 3.05) is 18.0 Å². The summed E-state index contributed by atoms with van der Waals surface area (Å²) in [5, 5.41) is 0. The van der Waals surface area contributed by atoms with Gasteiger partial charge in [-0.15, -0.1) is 0 Å². The Bertz CT molecular complexity index is 1080. The number of hydrogen-bond acceptors (Lipinski definition) is 5. The van der Waals surface area contributed by atoms with Gasteiger partial charge in [0.2, 0.25) is 5.88 Å². The number of allylic oxidation sites excluding steroid dienone is 1. The monoisotopic (exact) mass is 469 g/mol. The number of nitrogens with zero attached hydrogens (tertiary/aromatic N) is 3. The number of anilines is 1. The van der Waals surface area contributed by atoms with Gasteiger partial charge in [0.1, 0.15) is 11.9 Å². The van der Waals surface area contributed by atoms with E-state index in [1.54, 1.807) is 0 Å². The Morgan fingerprint density at radius 2 is 1.54 bits per heavy atom. The summed E-state index contributed by atoms with van der Waals surface area (Å²) in [6, 6.07) is 24.3. The van der Waals surface area contributed by atoms with Crippen molar-refractivity contribution < 1.29 is 4.74 Å². The minimum atomic E-state index is -0.168. The second kappa shape index (κ2) is 11.6. The third-order valence-corrected chi connectivity index (χ3v) is 6.23. The highest BCUT2D eigenvalue weighted by molar-refractivity contribution is 5.92. The fourth-order valence-corrected chi connectivity index (χ4v) is 4.43. The van der Waals surface area contributed by atoms with Crippen LogP contribution in [0.3, 0.4) is 0 Å². The number of benzene rings is 2. The summed E-state index contributed by atoms with van der Waals surface area (Å²) in [4.78, 5) is 11.6. The molecule has 4 rings (SSSR count). The number of amidine groups is 1. The molecule has 0 aliphatic carbocycles. The fraction of sp³-hybridized carbons (Fsp3) is 0.310. The SMILES string of the molecule is CC(C)Oc1ccc(N2CCC(C(N)=CC(N)=NC(c3ccccc3)c3ccccc3)CC2)cn1. The van der Waals surface area contributed by atoms with E-state index >= 15 is 0 Å². The van der Waals surface area contributed by atoms with E-state index in [4.69, 9.17) is 21.2 Å². The minimum Gasteiger partial charge on any atom is -0.475 e. The first kappa shape index (κ1) is 24.3. The fourth-order valence-electron chi connectivity index (χ4n) is 4.43. The molecule has 6 nitrogen and oxygen atoms in total. The van der Waals surface area contributed by atoms with Crippen LogP contribution in [0.15, 0.2) is 95.8 Å². The molecule has 0 radical (unpaired) electrons. The third kappa shape index (κ3) is 6.63. The predicted molar refractivity (Wildman–Crippen MR) is 144 cm³/mol. The maximum Gasteiger partial charge on any atom is 0.213 e. The average molecular weight is 470 g/mol. The van der Waals surface area contributed by atoms with Crippen LogP contribution in [0.2, 0.25) is 0 Å². The van der Waals surface area contributed by atoms with Crippen molar-refractivity contribution in [1.29, 1.82) is 0 Å². The van der Waals surface area contributed by atoms with Crippen LogP contribution >= 0.6 is 0 Å². The molecular weight excluding hydrogens is 434 g/mol. The molecule has 35 heavy (non-hydrogen) atoms. The Labute approximate surface area is 208 Å². The number of piperidine rings is 1. The van der Waals surface area contributed by atoms with Gasteiger partial charge in [0.05, 0.1) is 18.0 Å². The van der Waals surface area contributed by atoms with Gasteiger partial charge in [-0.05, 0) is 50.0 Å². The maximum absolute atomic E-state index is 6.51. The molecule has 0 atom stereocenters.